The first-order valence-electron chi connectivity index (χ1n) is 9.67. The number of carbonyl (C=O) groups is 4. The number of aromatic nitrogens is 2. The number of H-pyrrole nitrogens is 1. The van der Waals surface area contributed by atoms with Gasteiger partial charge in [-0.15, -0.1) is 0 Å². The topological polar surface area (TPSA) is 200 Å². The van der Waals surface area contributed by atoms with Crippen molar-refractivity contribution in [2.24, 2.45) is 11.7 Å². The van der Waals surface area contributed by atoms with Crippen LogP contribution in [-0.4, -0.2) is 80.4 Å². The summed E-state index contributed by atoms with van der Waals surface area (Å²) in [5, 5.41) is 26.1. The number of rotatable bonds is 13. The molecule has 31 heavy (non-hydrogen) atoms. The molecule has 0 aliphatic rings. The van der Waals surface area contributed by atoms with Gasteiger partial charge in [0.05, 0.1) is 19.0 Å². The summed E-state index contributed by atoms with van der Waals surface area (Å²) in [4.78, 5) is 55.2. The van der Waals surface area contributed by atoms with Gasteiger partial charge in [0.2, 0.25) is 17.7 Å². The van der Waals surface area contributed by atoms with Gasteiger partial charge in [0.1, 0.15) is 18.1 Å². The zero-order valence-corrected chi connectivity index (χ0v) is 18.3. The van der Waals surface area contributed by atoms with E-state index in [0.29, 0.717) is 5.69 Å². The fourth-order valence-electron chi connectivity index (χ4n) is 2.62. The Bertz CT molecular complexity index is 744. The number of nitrogens with two attached hydrogens (primary N) is 1. The number of nitrogens with one attached hydrogen (secondary N) is 4. The maximum absolute atomic E-state index is 12.7. The van der Waals surface area contributed by atoms with Gasteiger partial charge >= 0.3 is 5.97 Å². The Morgan fingerprint density at radius 1 is 1.10 bits per heavy atom. The molecular formula is C18H30N6O6S. The maximum atomic E-state index is 12.7. The predicted octanol–water partition coefficient (Wildman–Crippen LogP) is -2.21. The largest absolute Gasteiger partial charge is 0.480 e. The lowest BCUT2D eigenvalue weighted by Gasteiger charge is -2.25. The van der Waals surface area contributed by atoms with E-state index in [1.165, 1.54) is 12.5 Å². The van der Waals surface area contributed by atoms with E-state index in [4.69, 9.17) is 5.73 Å². The number of imidazole rings is 1. The van der Waals surface area contributed by atoms with Gasteiger partial charge < -0.3 is 36.9 Å². The van der Waals surface area contributed by atoms with Crippen LogP contribution in [0.3, 0.4) is 0 Å². The first kappa shape index (κ1) is 26.4. The number of aliphatic hydroxyl groups excluding tert-OH is 1. The number of carboxylic acids is 1. The lowest BCUT2D eigenvalue weighted by Crippen LogP contribution is -2.58. The molecule has 0 aliphatic heterocycles. The summed E-state index contributed by atoms with van der Waals surface area (Å²) in [6, 6.07) is -4.64. The number of amides is 3. The molecule has 174 valence electrons. The van der Waals surface area contributed by atoms with Gasteiger partial charge in [-0.05, 0) is 12.3 Å². The van der Waals surface area contributed by atoms with Gasteiger partial charge in [-0.25, -0.2) is 9.78 Å². The minimum atomic E-state index is -1.42. The predicted molar refractivity (Wildman–Crippen MR) is 114 cm³/mol. The average molecular weight is 459 g/mol. The molecular weight excluding hydrogens is 428 g/mol. The fraction of sp³-hybridized carbons (Fsp3) is 0.611. The summed E-state index contributed by atoms with van der Waals surface area (Å²) >= 11 is 3.95. The van der Waals surface area contributed by atoms with Crippen LogP contribution in [0, 0.1) is 5.92 Å². The molecule has 0 spiro atoms. The van der Waals surface area contributed by atoms with Crippen molar-refractivity contribution in [1.29, 1.82) is 0 Å². The number of thiol groups is 1. The van der Waals surface area contributed by atoms with Crippen LogP contribution in [0.2, 0.25) is 0 Å². The zero-order chi connectivity index (χ0) is 23.6. The van der Waals surface area contributed by atoms with E-state index >= 15 is 0 Å². The number of nitrogens with zero attached hydrogens (tertiary/aromatic N) is 1. The highest BCUT2D eigenvalue weighted by molar-refractivity contribution is 7.80. The van der Waals surface area contributed by atoms with Crippen molar-refractivity contribution in [3.63, 3.8) is 0 Å². The van der Waals surface area contributed by atoms with Crippen LogP contribution in [-0.2, 0) is 25.6 Å². The van der Waals surface area contributed by atoms with E-state index in [2.05, 4.69) is 38.5 Å². The van der Waals surface area contributed by atoms with Crippen LogP contribution >= 0.6 is 12.6 Å². The first-order valence-corrected chi connectivity index (χ1v) is 10.3. The third-order valence-corrected chi connectivity index (χ3v) is 4.68. The number of carbonyl (C=O) groups excluding carboxylic acids is 3. The third-order valence-electron chi connectivity index (χ3n) is 4.28. The van der Waals surface area contributed by atoms with Crippen molar-refractivity contribution >= 4 is 36.3 Å². The zero-order valence-electron chi connectivity index (χ0n) is 17.4. The van der Waals surface area contributed by atoms with Crippen LogP contribution in [0.1, 0.15) is 26.0 Å². The summed E-state index contributed by atoms with van der Waals surface area (Å²) < 4.78 is 0. The highest BCUT2D eigenvalue weighted by Crippen LogP contribution is 2.06. The van der Waals surface area contributed by atoms with Gasteiger partial charge in [-0.2, -0.15) is 12.6 Å². The van der Waals surface area contributed by atoms with E-state index in [1.807, 2.05) is 13.8 Å². The van der Waals surface area contributed by atoms with E-state index in [1.54, 1.807) is 0 Å². The van der Waals surface area contributed by atoms with Crippen LogP contribution in [0.25, 0.3) is 0 Å². The Balaban J connectivity index is 2.83. The lowest BCUT2D eigenvalue weighted by molar-refractivity contribution is -0.142. The molecule has 0 bridgehead atoms. The van der Waals surface area contributed by atoms with E-state index in [9.17, 15) is 29.4 Å². The number of carboxylic acid groups (broad SMARTS) is 1. The number of aliphatic hydroxyl groups is 1. The van der Waals surface area contributed by atoms with Crippen LogP contribution < -0.4 is 21.7 Å². The molecule has 0 fully saturated rings. The molecule has 4 unspecified atom stereocenters. The first-order chi connectivity index (χ1) is 14.6. The molecule has 0 aliphatic carbocycles. The fourth-order valence-corrected chi connectivity index (χ4v) is 2.79. The SMILES string of the molecule is CC(C)CC(NC(=O)C(N)CS)C(=O)NC(CO)C(=O)NC(Cc1cnc[nH]1)C(=O)O. The average Bonchev–Trinajstić information content (AvgIpc) is 3.22. The molecule has 3 amide bonds. The summed E-state index contributed by atoms with van der Waals surface area (Å²) in [5.74, 6) is -3.36. The highest BCUT2D eigenvalue weighted by atomic mass is 32.1. The Labute approximate surface area is 185 Å². The summed E-state index contributed by atoms with van der Waals surface area (Å²) in [6.45, 7) is 2.91. The van der Waals surface area contributed by atoms with Crippen molar-refractivity contribution in [2.45, 2.75) is 50.9 Å². The van der Waals surface area contributed by atoms with E-state index in [-0.39, 0.29) is 24.5 Å². The van der Waals surface area contributed by atoms with Crippen molar-refractivity contribution in [3.8, 4) is 0 Å². The van der Waals surface area contributed by atoms with Gasteiger partial charge in [0, 0.05) is 24.1 Å². The van der Waals surface area contributed by atoms with Gasteiger partial charge in [-0.1, -0.05) is 13.8 Å². The summed E-state index contributed by atoms with van der Waals surface area (Å²) in [5.41, 5.74) is 6.11. The van der Waals surface area contributed by atoms with E-state index in [0.717, 1.165) is 0 Å². The number of aromatic amines is 1. The quantitative estimate of drug-likeness (QED) is 0.152. The highest BCUT2D eigenvalue weighted by Gasteiger charge is 2.30. The van der Waals surface area contributed by atoms with Crippen LogP contribution in [0.15, 0.2) is 12.5 Å². The molecule has 4 atom stereocenters. The minimum Gasteiger partial charge on any atom is -0.480 e. The lowest BCUT2D eigenvalue weighted by atomic mass is 10.0. The number of hydrogen-bond donors (Lipinski definition) is 8. The second-order valence-corrected chi connectivity index (χ2v) is 7.77. The Morgan fingerprint density at radius 2 is 1.68 bits per heavy atom. The third kappa shape index (κ3) is 8.94. The van der Waals surface area contributed by atoms with Gasteiger partial charge in [-0.3, -0.25) is 14.4 Å². The summed E-state index contributed by atoms with van der Waals surface area (Å²) in [7, 11) is 0. The molecule has 12 nitrogen and oxygen atoms in total. The molecule has 0 saturated carbocycles. The van der Waals surface area contributed by atoms with Gasteiger partial charge in [0.15, 0.2) is 0 Å². The standard InChI is InChI=1S/C18H30N6O6S/c1-9(2)3-12(22-15(26)11(19)7-31)16(27)24-14(6-25)17(28)23-13(18(29)30)4-10-5-20-8-21-10/h5,8-9,11-14,25,31H,3-4,6-7,19H2,1-2H3,(H,20,21)(H,22,26)(H,23,28)(H,24,27)(H,29,30). The minimum absolute atomic E-state index is 0.0236. The molecule has 1 rings (SSSR count). The molecule has 8 N–H and O–H groups in total. The normalized spacial score (nSPS) is 14.9. The Hall–Kier alpha value is -2.64. The van der Waals surface area contributed by atoms with Crippen molar-refractivity contribution in [1.82, 2.24) is 25.9 Å². The molecule has 0 radical (unpaired) electrons. The molecule has 0 aromatic carbocycles. The van der Waals surface area contributed by atoms with Crippen molar-refractivity contribution in [2.75, 3.05) is 12.4 Å². The number of hydrogen-bond acceptors (Lipinski definition) is 8. The molecule has 1 aromatic rings. The van der Waals surface area contributed by atoms with Crippen molar-refractivity contribution < 1.29 is 29.4 Å². The van der Waals surface area contributed by atoms with Crippen molar-refractivity contribution in [3.05, 3.63) is 18.2 Å². The van der Waals surface area contributed by atoms with Crippen LogP contribution in [0.5, 0.6) is 0 Å². The van der Waals surface area contributed by atoms with Crippen LogP contribution in [0.4, 0.5) is 0 Å². The molecule has 1 heterocycles. The van der Waals surface area contributed by atoms with E-state index < -0.39 is 54.5 Å². The van der Waals surface area contributed by atoms with Gasteiger partial charge in [0.25, 0.3) is 0 Å². The molecule has 0 saturated heterocycles. The summed E-state index contributed by atoms with van der Waals surface area (Å²) in [6.07, 6.45) is 2.98. The maximum Gasteiger partial charge on any atom is 0.326 e. The second-order valence-electron chi connectivity index (χ2n) is 7.40. The Kier molecular flexibility index (Phi) is 11.0. The smallest absolute Gasteiger partial charge is 0.326 e. The number of aliphatic carboxylic acids is 1. The molecule has 1 aromatic heterocycles. The second kappa shape index (κ2) is 12.9. The monoisotopic (exact) mass is 458 g/mol. The Morgan fingerprint density at radius 3 is 2.16 bits per heavy atom. The molecule has 13 heteroatoms.